The number of alkyl halides is 3. The smallest absolute Gasteiger partial charge is 0.421 e. The Labute approximate surface area is 114 Å². The van der Waals surface area contributed by atoms with Crippen LogP contribution in [0, 0.1) is 0 Å². The number of hydrogen-bond acceptors (Lipinski definition) is 3. The zero-order chi connectivity index (χ0) is 14.6. The second-order valence-corrected chi connectivity index (χ2v) is 4.09. The fraction of sp³-hybridized carbons (Fsp3) is 0.214. The number of nitrogens with one attached hydrogen (secondary N) is 1. The van der Waals surface area contributed by atoms with Crippen molar-refractivity contribution < 1.29 is 17.9 Å². The van der Waals surface area contributed by atoms with Gasteiger partial charge in [0.15, 0.2) is 0 Å². The van der Waals surface area contributed by atoms with Crippen LogP contribution in [0.5, 0.6) is 11.6 Å². The number of para-hydroxylation sites is 1. The molecule has 0 spiro atoms. The number of rotatable bonds is 4. The van der Waals surface area contributed by atoms with Gasteiger partial charge in [0.1, 0.15) is 11.3 Å². The van der Waals surface area contributed by atoms with E-state index in [2.05, 4.69) is 10.3 Å². The predicted octanol–water partition coefficient (Wildman–Crippen LogP) is 3.61. The number of ether oxygens (including phenoxy) is 1. The highest BCUT2D eigenvalue weighted by Crippen LogP contribution is 2.37. The highest BCUT2D eigenvalue weighted by Gasteiger charge is 2.35. The van der Waals surface area contributed by atoms with Crippen LogP contribution < -0.4 is 10.1 Å². The SMILES string of the molecule is CNCc1ccccc1Oc1ncccc1C(F)(F)F. The number of benzene rings is 1. The number of hydrogen-bond donors (Lipinski definition) is 1. The van der Waals surface area contributed by atoms with Crippen molar-refractivity contribution in [2.45, 2.75) is 12.7 Å². The molecule has 1 N–H and O–H groups in total. The molecule has 2 rings (SSSR count). The Hall–Kier alpha value is -2.08. The summed E-state index contributed by atoms with van der Waals surface area (Å²) in [4.78, 5) is 3.68. The Morgan fingerprint density at radius 2 is 1.90 bits per heavy atom. The first kappa shape index (κ1) is 14.3. The molecular formula is C14H13F3N2O. The van der Waals surface area contributed by atoms with Gasteiger partial charge in [-0.2, -0.15) is 13.2 Å². The summed E-state index contributed by atoms with van der Waals surface area (Å²) in [7, 11) is 1.75. The molecule has 6 heteroatoms. The maximum Gasteiger partial charge on any atom is 0.421 e. The normalized spacial score (nSPS) is 11.4. The van der Waals surface area contributed by atoms with Crippen LogP contribution in [0.2, 0.25) is 0 Å². The Balaban J connectivity index is 2.36. The Morgan fingerprint density at radius 3 is 2.60 bits per heavy atom. The van der Waals surface area contributed by atoms with Gasteiger partial charge in [-0.3, -0.25) is 0 Å². The molecule has 0 aliphatic heterocycles. The van der Waals surface area contributed by atoms with Gasteiger partial charge in [-0.15, -0.1) is 0 Å². The second-order valence-electron chi connectivity index (χ2n) is 4.09. The molecule has 0 saturated carbocycles. The average Bonchev–Trinajstić information content (AvgIpc) is 2.41. The van der Waals surface area contributed by atoms with E-state index >= 15 is 0 Å². The Bertz CT molecular complexity index is 585. The van der Waals surface area contributed by atoms with Gasteiger partial charge in [-0.25, -0.2) is 4.98 Å². The number of halogens is 3. The number of nitrogens with zero attached hydrogens (tertiary/aromatic N) is 1. The lowest BCUT2D eigenvalue weighted by Crippen LogP contribution is -2.10. The van der Waals surface area contributed by atoms with Gasteiger partial charge >= 0.3 is 6.18 Å². The molecule has 0 atom stereocenters. The van der Waals surface area contributed by atoms with Crippen LogP contribution in [-0.2, 0) is 12.7 Å². The first-order valence-corrected chi connectivity index (χ1v) is 5.95. The quantitative estimate of drug-likeness (QED) is 0.930. The van der Waals surface area contributed by atoms with Crippen LogP contribution in [0.3, 0.4) is 0 Å². The van der Waals surface area contributed by atoms with Gasteiger partial charge in [0, 0.05) is 18.3 Å². The molecule has 0 aliphatic carbocycles. The van der Waals surface area contributed by atoms with Crippen molar-refractivity contribution in [3.05, 3.63) is 53.7 Å². The molecular weight excluding hydrogens is 269 g/mol. The van der Waals surface area contributed by atoms with Crippen LogP contribution in [0.15, 0.2) is 42.6 Å². The minimum absolute atomic E-state index is 0.353. The predicted molar refractivity (Wildman–Crippen MR) is 68.5 cm³/mol. The van der Waals surface area contributed by atoms with E-state index in [1.807, 2.05) is 0 Å². The summed E-state index contributed by atoms with van der Waals surface area (Å²) >= 11 is 0. The molecule has 0 unspecified atom stereocenters. The van der Waals surface area contributed by atoms with Crippen molar-refractivity contribution in [1.82, 2.24) is 10.3 Å². The fourth-order valence-electron chi connectivity index (χ4n) is 1.73. The van der Waals surface area contributed by atoms with E-state index in [1.165, 1.54) is 12.3 Å². The van der Waals surface area contributed by atoms with Crippen molar-refractivity contribution in [3.63, 3.8) is 0 Å². The number of pyridine rings is 1. The molecule has 1 heterocycles. The van der Waals surface area contributed by atoms with Gasteiger partial charge in [-0.1, -0.05) is 18.2 Å². The monoisotopic (exact) mass is 282 g/mol. The fourth-order valence-corrected chi connectivity index (χ4v) is 1.73. The molecule has 2 aromatic rings. The molecule has 0 amide bonds. The van der Waals surface area contributed by atoms with Gasteiger partial charge < -0.3 is 10.1 Å². The standard InChI is InChI=1S/C14H13F3N2O/c1-18-9-10-5-2-3-7-12(10)20-13-11(14(15,16)17)6-4-8-19-13/h2-8,18H,9H2,1H3. The van der Waals surface area contributed by atoms with Gasteiger partial charge in [0.2, 0.25) is 5.88 Å². The third-order valence-electron chi connectivity index (χ3n) is 2.62. The minimum atomic E-state index is -4.50. The second kappa shape index (κ2) is 5.92. The van der Waals surface area contributed by atoms with Crippen molar-refractivity contribution in [3.8, 4) is 11.6 Å². The van der Waals surface area contributed by atoms with E-state index in [1.54, 1.807) is 31.3 Å². The molecule has 1 aromatic carbocycles. The topological polar surface area (TPSA) is 34.1 Å². The Morgan fingerprint density at radius 1 is 1.15 bits per heavy atom. The van der Waals surface area contributed by atoms with E-state index in [9.17, 15) is 13.2 Å². The molecule has 0 aliphatic rings. The summed E-state index contributed by atoms with van der Waals surface area (Å²) in [6.07, 6.45) is -3.23. The van der Waals surface area contributed by atoms with Crippen molar-refractivity contribution in [2.24, 2.45) is 0 Å². The van der Waals surface area contributed by atoms with Gasteiger partial charge in [0.05, 0.1) is 0 Å². The van der Waals surface area contributed by atoms with Crippen LogP contribution in [0.1, 0.15) is 11.1 Å². The molecule has 1 aromatic heterocycles. The van der Waals surface area contributed by atoms with Crippen molar-refractivity contribution in [1.29, 1.82) is 0 Å². The lowest BCUT2D eigenvalue weighted by Gasteiger charge is -2.14. The molecule has 0 bridgehead atoms. The van der Waals surface area contributed by atoms with Crippen LogP contribution >= 0.6 is 0 Å². The zero-order valence-electron chi connectivity index (χ0n) is 10.7. The maximum absolute atomic E-state index is 12.9. The summed E-state index contributed by atoms with van der Waals surface area (Å²) in [5.74, 6) is -0.0883. The van der Waals surface area contributed by atoms with Crippen LogP contribution in [0.4, 0.5) is 13.2 Å². The zero-order valence-corrected chi connectivity index (χ0v) is 10.7. The highest BCUT2D eigenvalue weighted by molar-refractivity contribution is 5.38. The maximum atomic E-state index is 12.9. The molecule has 3 nitrogen and oxygen atoms in total. The molecule has 0 radical (unpaired) electrons. The molecule has 20 heavy (non-hydrogen) atoms. The van der Waals surface area contributed by atoms with Crippen LogP contribution in [0.25, 0.3) is 0 Å². The first-order valence-electron chi connectivity index (χ1n) is 5.95. The molecule has 0 saturated heterocycles. The third kappa shape index (κ3) is 3.27. The molecule has 0 fully saturated rings. The minimum Gasteiger partial charge on any atom is -0.438 e. The average molecular weight is 282 g/mol. The first-order chi connectivity index (χ1) is 9.52. The Kier molecular flexibility index (Phi) is 4.24. The van der Waals surface area contributed by atoms with Crippen molar-refractivity contribution >= 4 is 0 Å². The largest absolute Gasteiger partial charge is 0.438 e. The summed E-state index contributed by atoms with van der Waals surface area (Å²) in [6, 6.07) is 9.06. The van der Waals surface area contributed by atoms with E-state index in [-0.39, 0.29) is 0 Å². The summed E-state index contributed by atoms with van der Waals surface area (Å²) < 4.78 is 44.0. The van der Waals surface area contributed by atoms with Crippen molar-refractivity contribution in [2.75, 3.05) is 7.05 Å². The van der Waals surface area contributed by atoms with E-state index < -0.39 is 17.6 Å². The summed E-state index contributed by atoms with van der Waals surface area (Å²) in [6.45, 7) is 0.490. The van der Waals surface area contributed by atoms with Gasteiger partial charge in [0.25, 0.3) is 0 Å². The third-order valence-corrected chi connectivity index (χ3v) is 2.62. The highest BCUT2D eigenvalue weighted by atomic mass is 19.4. The van der Waals surface area contributed by atoms with E-state index in [4.69, 9.17) is 4.74 Å². The van der Waals surface area contributed by atoms with E-state index in [0.29, 0.717) is 12.3 Å². The van der Waals surface area contributed by atoms with Gasteiger partial charge in [-0.05, 0) is 25.2 Å². The summed E-state index contributed by atoms with van der Waals surface area (Å²) in [5.41, 5.74) is -0.131. The van der Waals surface area contributed by atoms with Crippen LogP contribution in [-0.4, -0.2) is 12.0 Å². The molecule has 106 valence electrons. The summed E-state index contributed by atoms with van der Waals surface area (Å²) in [5, 5.41) is 2.93. The van der Waals surface area contributed by atoms with E-state index in [0.717, 1.165) is 11.6 Å². The lowest BCUT2D eigenvalue weighted by molar-refractivity contribution is -0.138. The lowest BCUT2D eigenvalue weighted by atomic mass is 10.2. The number of aromatic nitrogens is 1.